The summed E-state index contributed by atoms with van der Waals surface area (Å²) in [6.07, 6.45) is -0.261. The molecule has 1 amide bonds. The van der Waals surface area contributed by atoms with Gasteiger partial charge in [0, 0.05) is 5.02 Å². The van der Waals surface area contributed by atoms with Gasteiger partial charge >= 0.3 is 5.97 Å². The Morgan fingerprint density at radius 3 is 1.89 bits per heavy atom. The van der Waals surface area contributed by atoms with Crippen LogP contribution in [0.15, 0.2) is 48.5 Å². The summed E-state index contributed by atoms with van der Waals surface area (Å²) in [5.74, 6) is -1.05. The SMILES string of the molecule is CC(C)OC(=O)C(C)(C)Oc1ccc(C(O)(C(N)=O)c2ccc(Cl)cc2)cc1. The standard InChI is InChI=1S/C21H24ClNO5/c1-13(2)27-19(25)20(3,4)28-17-11-7-15(8-12-17)21(26,18(23)24)14-5-9-16(22)10-6-14/h5-13,26H,1-4H3,(H2,23,24). The number of rotatable bonds is 7. The Labute approximate surface area is 169 Å². The van der Waals surface area contributed by atoms with E-state index in [1.165, 1.54) is 24.3 Å². The van der Waals surface area contributed by atoms with Crippen LogP contribution in [0.4, 0.5) is 0 Å². The van der Waals surface area contributed by atoms with Crippen molar-refractivity contribution in [2.24, 2.45) is 5.73 Å². The summed E-state index contributed by atoms with van der Waals surface area (Å²) >= 11 is 5.87. The lowest BCUT2D eigenvalue weighted by Crippen LogP contribution is -2.42. The predicted octanol–water partition coefficient (Wildman–Crippen LogP) is 3.17. The minimum absolute atomic E-state index is 0.261. The number of nitrogens with two attached hydrogens (primary N) is 1. The first kappa shape index (κ1) is 21.7. The summed E-state index contributed by atoms with van der Waals surface area (Å²) in [5.41, 5.74) is 2.80. The summed E-state index contributed by atoms with van der Waals surface area (Å²) < 4.78 is 10.9. The molecule has 6 nitrogen and oxygen atoms in total. The highest BCUT2D eigenvalue weighted by atomic mass is 35.5. The van der Waals surface area contributed by atoms with Crippen LogP contribution in [-0.2, 0) is 19.9 Å². The number of primary amides is 1. The van der Waals surface area contributed by atoms with E-state index in [1.54, 1.807) is 52.0 Å². The quantitative estimate of drug-likeness (QED) is 0.689. The third-order valence-electron chi connectivity index (χ3n) is 4.10. The lowest BCUT2D eigenvalue weighted by molar-refractivity contribution is -0.163. The smallest absolute Gasteiger partial charge is 0.350 e. The Morgan fingerprint density at radius 1 is 1.00 bits per heavy atom. The summed E-state index contributed by atoms with van der Waals surface area (Å²) in [4.78, 5) is 24.2. The van der Waals surface area contributed by atoms with E-state index in [0.29, 0.717) is 16.3 Å². The molecule has 28 heavy (non-hydrogen) atoms. The zero-order chi connectivity index (χ0) is 21.1. The maximum absolute atomic E-state index is 12.1. The second-order valence-corrected chi connectivity index (χ2v) is 7.61. The topological polar surface area (TPSA) is 98.8 Å². The van der Waals surface area contributed by atoms with Crippen molar-refractivity contribution in [2.45, 2.75) is 45.0 Å². The van der Waals surface area contributed by atoms with Gasteiger partial charge in [0.2, 0.25) is 0 Å². The number of aliphatic hydroxyl groups is 1. The van der Waals surface area contributed by atoms with Gasteiger partial charge in [0.15, 0.2) is 11.2 Å². The van der Waals surface area contributed by atoms with E-state index in [1.807, 2.05) is 0 Å². The summed E-state index contributed by atoms with van der Waals surface area (Å²) in [6, 6.07) is 12.3. The first-order valence-corrected chi connectivity index (χ1v) is 9.13. The third-order valence-corrected chi connectivity index (χ3v) is 4.35. The lowest BCUT2D eigenvalue weighted by Gasteiger charge is -2.27. The molecule has 0 spiro atoms. The van der Waals surface area contributed by atoms with Crippen molar-refractivity contribution in [3.05, 3.63) is 64.7 Å². The predicted molar refractivity (Wildman–Crippen MR) is 106 cm³/mol. The molecule has 0 aliphatic rings. The van der Waals surface area contributed by atoms with Gasteiger partial charge in [-0.05, 0) is 63.1 Å². The van der Waals surface area contributed by atoms with Crippen LogP contribution in [0, 0.1) is 0 Å². The molecule has 0 bridgehead atoms. The third kappa shape index (κ3) is 4.64. The summed E-state index contributed by atoms with van der Waals surface area (Å²) in [7, 11) is 0. The molecule has 0 radical (unpaired) electrons. The Morgan fingerprint density at radius 2 is 1.46 bits per heavy atom. The van der Waals surface area contributed by atoms with Crippen molar-refractivity contribution in [1.29, 1.82) is 0 Å². The van der Waals surface area contributed by atoms with Crippen molar-refractivity contribution >= 4 is 23.5 Å². The molecular formula is C21H24ClNO5. The number of halogens is 1. The van der Waals surface area contributed by atoms with E-state index >= 15 is 0 Å². The van der Waals surface area contributed by atoms with Crippen LogP contribution in [0.25, 0.3) is 0 Å². The number of ether oxygens (including phenoxy) is 2. The maximum Gasteiger partial charge on any atom is 0.350 e. The fourth-order valence-electron chi connectivity index (χ4n) is 2.60. The van der Waals surface area contributed by atoms with Gasteiger partial charge in [0.05, 0.1) is 6.10 Å². The molecule has 2 aromatic carbocycles. The van der Waals surface area contributed by atoms with E-state index < -0.39 is 23.1 Å². The highest BCUT2D eigenvalue weighted by Crippen LogP contribution is 2.32. The zero-order valence-electron chi connectivity index (χ0n) is 16.2. The summed E-state index contributed by atoms with van der Waals surface area (Å²) in [5, 5.41) is 11.5. The number of hydrogen-bond donors (Lipinski definition) is 2. The molecule has 2 aromatic rings. The van der Waals surface area contributed by atoms with Crippen molar-refractivity contribution in [1.82, 2.24) is 0 Å². The fraction of sp³-hybridized carbons (Fsp3) is 0.333. The summed E-state index contributed by atoms with van der Waals surface area (Å²) in [6.45, 7) is 6.70. The number of carbonyl (C=O) groups excluding carboxylic acids is 2. The van der Waals surface area contributed by atoms with E-state index in [0.717, 1.165) is 0 Å². The highest BCUT2D eigenvalue weighted by Gasteiger charge is 2.38. The molecule has 0 saturated heterocycles. The normalized spacial score (nSPS) is 13.7. The van der Waals surface area contributed by atoms with E-state index in [4.69, 9.17) is 26.8 Å². The molecule has 0 aromatic heterocycles. The monoisotopic (exact) mass is 405 g/mol. The van der Waals surface area contributed by atoms with Gasteiger partial charge in [0.25, 0.3) is 5.91 Å². The Balaban J connectivity index is 2.30. The van der Waals surface area contributed by atoms with Crippen LogP contribution >= 0.6 is 11.6 Å². The van der Waals surface area contributed by atoms with E-state index in [9.17, 15) is 14.7 Å². The molecule has 0 aliphatic carbocycles. The van der Waals surface area contributed by atoms with Crippen LogP contribution in [0.1, 0.15) is 38.8 Å². The van der Waals surface area contributed by atoms with Crippen molar-refractivity contribution in [2.75, 3.05) is 0 Å². The fourth-order valence-corrected chi connectivity index (χ4v) is 2.72. The number of carbonyl (C=O) groups is 2. The van der Waals surface area contributed by atoms with Crippen LogP contribution < -0.4 is 10.5 Å². The molecule has 0 fully saturated rings. The maximum atomic E-state index is 12.1. The van der Waals surface area contributed by atoms with Crippen molar-refractivity contribution in [3.8, 4) is 5.75 Å². The van der Waals surface area contributed by atoms with E-state index in [-0.39, 0.29) is 11.7 Å². The van der Waals surface area contributed by atoms with Crippen LogP contribution in [0.3, 0.4) is 0 Å². The average Bonchev–Trinajstić information content (AvgIpc) is 2.61. The Hall–Kier alpha value is -2.57. The Kier molecular flexibility index (Phi) is 6.37. The van der Waals surface area contributed by atoms with Crippen LogP contribution in [0.2, 0.25) is 5.02 Å². The van der Waals surface area contributed by atoms with Crippen LogP contribution in [0.5, 0.6) is 5.75 Å². The minimum Gasteiger partial charge on any atom is -0.476 e. The first-order chi connectivity index (χ1) is 13.0. The van der Waals surface area contributed by atoms with Crippen LogP contribution in [-0.4, -0.2) is 28.7 Å². The highest BCUT2D eigenvalue weighted by molar-refractivity contribution is 6.30. The molecule has 1 atom stereocenters. The molecule has 0 aliphatic heterocycles. The van der Waals surface area contributed by atoms with Gasteiger partial charge in [-0.25, -0.2) is 4.79 Å². The molecule has 1 unspecified atom stereocenters. The van der Waals surface area contributed by atoms with Gasteiger partial charge in [-0.2, -0.15) is 0 Å². The zero-order valence-corrected chi connectivity index (χ0v) is 17.0. The number of esters is 1. The molecule has 0 saturated carbocycles. The minimum atomic E-state index is -2.03. The lowest BCUT2D eigenvalue weighted by atomic mass is 9.85. The van der Waals surface area contributed by atoms with Crippen molar-refractivity contribution < 1.29 is 24.2 Å². The van der Waals surface area contributed by atoms with Gasteiger partial charge in [-0.3, -0.25) is 4.79 Å². The number of amides is 1. The molecule has 150 valence electrons. The van der Waals surface area contributed by atoms with Crippen molar-refractivity contribution in [3.63, 3.8) is 0 Å². The van der Waals surface area contributed by atoms with E-state index in [2.05, 4.69) is 0 Å². The first-order valence-electron chi connectivity index (χ1n) is 8.76. The van der Waals surface area contributed by atoms with Gasteiger partial charge in [-0.1, -0.05) is 35.9 Å². The largest absolute Gasteiger partial charge is 0.476 e. The Bertz CT molecular complexity index is 846. The second kappa shape index (κ2) is 8.20. The molecular weight excluding hydrogens is 382 g/mol. The molecule has 7 heteroatoms. The number of benzene rings is 2. The average molecular weight is 406 g/mol. The van der Waals surface area contributed by atoms with Gasteiger partial charge in [0.1, 0.15) is 5.75 Å². The second-order valence-electron chi connectivity index (χ2n) is 7.17. The molecule has 3 N–H and O–H groups in total. The van der Waals surface area contributed by atoms with Gasteiger partial charge < -0.3 is 20.3 Å². The van der Waals surface area contributed by atoms with Gasteiger partial charge in [-0.15, -0.1) is 0 Å². The number of hydrogen-bond acceptors (Lipinski definition) is 5. The molecule has 2 rings (SSSR count). The molecule has 0 heterocycles.